The molecule has 0 radical (unpaired) electrons. The Bertz CT molecular complexity index is 416. The monoisotopic (exact) mass is 279 g/mol. The van der Waals surface area contributed by atoms with Gasteiger partial charge in [-0.05, 0) is 24.1 Å². The summed E-state index contributed by atoms with van der Waals surface area (Å²) in [6.07, 6.45) is 3.42. The summed E-state index contributed by atoms with van der Waals surface area (Å²) in [6.45, 7) is 5.05. The second-order valence-corrected chi connectivity index (χ2v) is 5.42. The van der Waals surface area contributed by atoms with Crippen molar-refractivity contribution in [2.24, 2.45) is 5.73 Å². The molecule has 1 aromatic carbocycles. The van der Waals surface area contributed by atoms with E-state index in [0.29, 0.717) is 6.54 Å². The van der Waals surface area contributed by atoms with Gasteiger partial charge in [0.15, 0.2) is 0 Å². The van der Waals surface area contributed by atoms with E-state index in [1.54, 1.807) is 0 Å². The number of ether oxygens (including phenoxy) is 1. The van der Waals surface area contributed by atoms with E-state index in [2.05, 4.69) is 6.92 Å². The van der Waals surface area contributed by atoms with Crippen LogP contribution >= 0.6 is 0 Å². The van der Waals surface area contributed by atoms with Gasteiger partial charge in [0.25, 0.3) is 0 Å². The number of carboxylic acids is 1. The van der Waals surface area contributed by atoms with Gasteiger partial charge in [-0.25, -0.2) is 0 Å². The average Bonchev–Trinajstić information content (AvgIpc) is 2.43. The molecule has 0 aliphatic heterocycles. The largest absolute Gasteiger partial charge is 0.494 e. The first kappa shape index (κ1) is 16.5. The summed E-state index contributed by atoms with van der Waals surface area (Å²) in [5.74, 6) is -0.0163. The van der Waals surface area contributed by atoms with Gasteiger partial charge in [-0.15, -0.1) is 0 Å². The summed E-state index contributed by atoms with van der Waals surface area (Å²) in [5, 5.41) is 8.98. The molecule has 1 aromatic rings. The van der Waals surface area contributed by atoms with Crippen molar-refractivity contribution in [2.45, 2.75) is 44.9 Å². The number of unbranched alkanes of at least 4 members (excludes halogenated alkanes) is 2. The van der Waals surface area contributed by atoms with Crippen LogP contribution in [-0.4, -0.2) is 24.2 Å². The zero-order valence-electron chi connectivity index (χ0n) is 12.4. The van der Waals surface area contributed by atoms with E-state index in [1.807, 2.05) is 31.2 Å². The Kier molecular flexibility index (Phi) is 6.52. The van der Waals surface area contributed by atoms with Gasteiger partial charge >= 0.3 is 5.97 Å². The second-order valence-electron chi connectivity index (χ2n) is 5.42. The number of hydrogen-bond donors (Lipinski definition) is 2. The minimum absolute atomic E-state index is 0.0280. The quantitative estimate of drug-likeness (QED) is 0.682. The van der Waals surface area contributed by atoms with E-state index in [9.17, 15) is 4.79 Å². The van der Waals surface area contributed by atoms with Crippen molar-refractivity contribution >= 4 is 5.97 Å². The Hall–Kier alpha value is -1.55. The molecule has 0 fully saturated rings. The van der Waals surface area contributed by atoms with E-state index in [4.69, 9.17) is 15.6 Å². The van der Waals surface area contributed by atoms with Crippen molar-refractivity contribution in [3.05, 3.63) is 29.8 Å². The normalized spacial score (nSPS) is 13.8. The fourth-order valence-corrected chi connectivity index (χ4v) is 2.12. The van der Waals surface area contributed by atoms with Crippen LogP contribution in [0.25, 0.3) is 0 Å². The van der Waals surface area contributed by atoms with Crippen LogP contribution < -0.4 is 10.5 Å². The highest BCUT2D eigenvalue weighted by molar-refractivity contribution is 5.69. The summed E-state index contributed by atoms with van der Waals surface area (Å²) in [5.41, 5.74) is 6.14. The molecular weight excluding hydrogens is 254 g/mol. The Morgan fingerprint density at radius 1 is 1.30 bits per heavy atom. The summed E-state index contributed by atoms with van der Waals surface area (Å²) < 4.78 is 5.64. The highest BCUT2D eigenvalue weighted by Gasteiger charge is 2.28. The molecule has 0 bridgehead atoms. The van der Waals surface area contributed by atoms with Crippen molar-refractivity contribution in [1.82, 2.24) is 0 Å². The van der Waals surface area contributed by atoms with Crippen LogP contribution in [0.15, 0.2) is 24.3 Å². The first-order valence-corrected chi connectivity index (χ1v) is 7.17. The minimum atomic E-state index is -0.835. The van der Waals surface area contributed by atoms with Crippen LogP contribution in [-0.2, 0) is 10.2 Å². The Balaban J connectivity index is 2.66. The third-order valence-electron chi connectivity index (χ3n) is 3.56. The maximum Gasteiger partial charge on any atom is 0.304 e. The third kappa shape index (κ3) is 4.85. The van der Waals surface area contributed by atoms with Gasteiger partial charge in [-0.1, -0.05) is 38.8 Å². The molecule has 1 atom stereocenters. The van der Waals surface area contributed by atoms with Crippen molar-refractivity contribution in [3.8, 4) is 5.75 Å². The van der Waals surface area contributed by atoms with Crippen molar-refractivity contribution < 1.29 is 14.6 Å². The summed E-state index contributed by atoms with van der Waals surface area (Å²) in [7, 11) is 0. The number of benzene rings is 1. The molecule has 20 heavy (non-hydrogen) atoms. The van der Waals surface area contributed by atoms with Crippen LogP contribution in [0.3, 0.4) is 0 Å². The molecule has 0 spiro atoms. The van der Waals surface area contributed by atoms with Gasteiger partial charge in [-0.3, -0.25) is 4.79 Å². The van der Waals surface area contributed by atoms with Gasteiger partial charge in [0.1, 0.15) is 5.75 Å². The average molecular weight is 279 g/mol. The minimum Gasteiger partial charge on any atom is -0.494 e. The van der Waals surface area contributed by atoms with Gasteiger partial charge in [0.2, 0.25) is 0 Å². The first-order chi connectivity index (χ1) is 9.51. The van der Waals surface area contributed by atoms with Crippen LogP contribution in [0.4, 0.5) is 0 Å². The van der Waals surface area contributed by atoms with Crippen molar-refractivity contribution in [1.29, 1.82) is 0 Å². The summed E-state index contributed by atoms with van der Waals surface area (Å²) in [4.78, 5) is 10.9. The molecule has 1 unspecified atom stereocenters. The van der Waals surface area contributed by atoms with E-state index in [0.717, 1.165) is 24.3 Å². The number of rotatable bonds is 9. The fourth-order valence-electron chi connectivity index (χ4n) is 2.12. The van der Waals surface area contributed by atoms with E-state index >= 15 is 0 Å². The number of nitrogens with two attached hydrogens (primary N) is 1. The topological polar surface area (TPSA) is 72.5 Å². The third-order valence-corrected chi connectivity index (χ3v) is 3.56. The maximum absolute atomic E-state index is 10.9. The van der Waals surface area contributed by atoms with E-state index in [1.165, 1.54) is 12.8 Å². The molecule has 0 aliphatic rings. The number of hydrogen-bond acceptors (Lipinski definition) is 3. The molecule has 1 rings (SSSR count). The lowest BCUT2D eigenvalue weighted by molar-refractivity contribution is -0.138. The molecular formula is C16H25NO3. The number of carboxylic acid groups (broad SMARTS) is 1. The Labute approximate surface area is 120 Å². The van der Waals surface area contributed by atoms with Crippen LogP contribution in [0.5, 0.6) is 5.75 Å². The van der Waals surface area contributed by atoms with Gasteiger partial charge in [0, 0.05) is 12.0 Å². The lowest BCUT2D eigenvalue weighted by atomic mass is 9.79. The maximum atomic E-state index is 10.9. The molecule has 4 nitrogen and oxygen atoms in total. The van der Waals surface area contributed by atoms with E-state index < -0.39 is 11.4 Å². The van der Waals surface area contributed by atoms with Crippen LogP contribution in [0.1, 0.15) is 45.1 Å². The second kappa shape index (κ2) is 7.90. The zero-order valence-corrected chi connectivity index (χ0v) is 12.4. The van der Waals surface area contributed by atoms with Crippen LogP contribution in [0.2, 0.25) is 0 Å². The fraction of sp³-hybridized carbons (Fsp3) is 0.562. The lowest BCUT2D eigenvalue weighted by Gasteiger charge is -2.26. The summed E-state index contributed by atoms with van der Waals surface area (Å²) >= 11 is 0. The molecule has 3 N–H and O–H groups in total. The standard InChI is InChI=1S/C16H25NO3/c1-3-4-5-10-20-14-8-6-13(7-9-14)16(2,12-17)11-15(18)19/h6-9H,3-5,10-12,17H2,1-2H3,(H,18,19). The molecule has 0 heterocycles. The lowest BCUT2D eigenvalue weighted by Crippen LogP contribution is -2.34. The van der Waals surface area contributed by atoms with Crippen molar-refractivity contribution in [2.75, 3.05) is 13.2 Å². The molecule has 4 heteroatoms. The molecule has 112 valence electrons. The Morgan fingerprint density at radius 3 is 2.45 bits per heavy atom. The highest BCUT2D eigenvalue weighted by Crippen LogP contribution is 2.28. The number of aliphatic carboxylic acids is 1. The van der Waals surface area contributed by atoms with Crippen molar-refractivity contribution in [3.63, 3.8) is 0 Å². The SMILES string of the molecule is CCCCCOc1ccc(C(C)(CN)CC(=O)O)cc1. The number of carbonyl (C=O) groups is 1. The Morgan fingerprint density at radius 2 is 1.95 bits per heavy atom. The smallest absolute Gasteiger partial charge is 0.304 e. The molecule has 0 amide bonds. The van der Waals surface area contributed by atoms with E-state index in [-0.39, 0.29) is 6.42 Å². The molecule has 0 aromatic heterocycles. The zero-order chi connectivity index (χ0) is 15.0. The molecule has 0 saturated heterocycles. The molecule has 0 saturated carbocycles. The predicted molar refractivity (Wildman–Crippen MR) is 80.1 cm³/mol. The first-order valence-electron chi connectivity index (χ1n) is 7.17. The van der Waals surface area contributed by atoms with Gasteiger partial charge in [0.05, 0.1) is 13.0 Å². The van der Waals surface area contributed by atoms with Crippen LogP contribution in [0, 0.1) is 0 Å². The van der Waals surface area contributed by atoms with Gasteiger partial charge < -0.3 is 15.6 Å². The van der Waals surface area contributed by atoms with Gasteiger partial charge in [-0.2, -0.15) is 0 Å². The highest BCUT2D eigenvalue weighted by atomic mass is 16.5. The predicted octanol–water partition coefficient (Wildman–Crippen LogP) is 2.95. The summed E-state index contributed by atoms with van der Waals surface area (Å²) in [6, 6.07) is 7.59. The molecule has 0 aliphatic carbocycles.